The number of rotatable bonds is 3. The van der Waals surface area contributed by atoms with Gasteiger partial charge in [-0.15, -0.1) is 0 Å². The average molecular weight is 220 g/mol. The molecule has 0 spiro atoms. The minimum Gasteiger partial charge on any atom is -0.481 e. The first-order valence-electron chi connectivity index (χ1n) is 5.02. The van der Waals surface area contributed by atoms with Crippen LogP contribution < -0.4 is 10.1 Å². The molecule has 0 aliphatic carbocycles. The van der Waals surface area contributed by atoms with Gasteiger partial charge in [-0.3, -0.25) is 14.9 Å². The van der Waals surface area contributed by atoms with E-state index in [9.17, 15) is 9.59 Å². The number of carbonyl (C=O) groups is 2. The summed E-state index contributed by atoms with van der Waals surface area (Å²) >= 11 is 0. The van der Waals surface area contributed by atoms with Gasteiger partial charge in [0.15, 0.2) is 0 Å². The molecule has 84 valence electrons. The van der Waals surface area contributed by atoms with E-state index in [1.54, 1.807) is 6.07 Å². The Kier molecular flexibility index (Phi) is 2.85. The molecule has 2 heterocycles. The summed E-state index contributed by atoms with van der Waals surface area (Å²) in [5.74, 6) is -0.207. The van der Waals surface area contributed by atoms with E-state index in [0.717, 1.165) is 5.69 Å². The molecule has 16 heavy (non-hydrogen) atoms. The predicted molar refractivity (Wildman–Crippen MR) is 55.7 cm³/mol. The Bertz CT molecular complexity index is 431. The molecule has 1 atom stereocenters. The van der Waals surface area contributed by atoms with Crippen LogP contribution in [0, 0.1) is 5.92 Å². The molecule has 0 aromatic carbocycles. The van der Waals surface area contributed by atoms with Crippen molar-refractivity contribution < 1.29 is 14.3 Å². The summed E-state index contributed by atoms with van der Waals surface area (Å²) < 4.78 is 4.99. The molecule has 2 amide bonds. The molecule has 1 aromatic heterocycles. The Morgan fingerprint density at radius 1 is 1.50 bits per heavy atom. The minimum absolute atomic E-state index is 0.210. The van der Waals surface area contributed by atoms with Gasteiger partial charge in [0, 0.05) is 24.6 Å². The molecule has 5 nitrogen and oxygen atoms in total. The molecule has 1 saturated heterocycles. The van der Waals surface area contributed by atoms with Crippen molar-refractivity contribution in [1.82, 2.24) is 10.3 Å². The molecule has 0 bridgehead atoms. The van der Waals surface area contributed by atoms with Crippen molar-refractivity contribution in [1.29, 1.82) is 0 Å². The largest absolute Gasteiger partial charge is 0.481 e. The monoisotopic (exact) mass is 220 g/mol. The third-order valence-corrected chi connectivity index (χ3v) is 2.51. The van der Waals surface area contributed by atoms with E-state index in [0.29, 0.717) is 12.3 Å². The van der Waals surface area contributed by atoms with Gasteiger partial charge in [-0.05, 0) is 6.07 Å². The van der Waals surface area contributed by atoms with Gasteiger partial charge < -0.3 is 4.74 Å². The zero-order valence-corrected chi connectivity index (χ0v) is 8.90. The predicted octanol–water partition coefficient (Wildman–Crippen LogP) is 0.295. The summed E-state index contributed by atoms with van der Waals surface area (Å²) in [6, 6.07) is 5.37. The van der Waals surface area contributed by atoms with Gasteiger partial charge in [-0.2, -0.15) is 0 Å². The molecule has 0 radical (unpaired) electrons. The second-order valence-corrected chi connectivity index (χ2v) is 3.69. The van der Waals surface area contributed by atoms with Gasteiger partial charge in [0.25, 0.3) is 0 Å². The van der Waals surface area contributed by atoms with Crippen molar-refractivity contribution in [3.63, 3.8) is 0 Å². The lowest BCUT2D eigenvalue weighted by molar-refractivity contribution is -0.125. The van der Waals surface area contributed by atoms with Crippen LogP contribution in [0.3, 0.4) is 0 Å². The van der Waals surface area contributed by atoms with Crippen LogP contribution >= 0.6 is 0 Å². The fraction of sp³-hybridized carbons (Fsp3) is 0.364. The van der Waals surface area contributed by atoms with Crippen molar-refractivity contribution in [2.24, 2.45) is 5.92 Å². The molecule has 1 aliphatic heterocycles. The van der Waals surface area contributed by atoms with E-state index >= 15 is 0 Å². The number of aromatic nitrogens is 1. The van der Waals surface area contributed by atoms with Gasteiger partial charge in [-0.25, -0.2) is 4.98 Å². The Hall–Kier alpha value is -1.91. The van der Waals surface area contributed by atoms with Gasteiger partial charge in [0.1, 0.15) is 0 Å². The number of nitrogens with one attached hydrogen (secondary N) is 1. The van der Waals surface area contributed by atoms with Crippen molar-refractivity contribution >= 4 is 11.8 Å². The number of hydrogen-bond acceptors (Lipinski definition) is 4. The number of imide groups is 1. The van der Waals surface area contributed by atoms with Crippen LogP contribution in [-0.4, -0.2) is 23.9 Å². The van der Waals surface area contributed by atoms with E-state index in [4.69, 9.17) is 4.74 Å². The van der Waals surface area contributed by atoms with Gasteiger partial charge >= 0.3 is 0 Å². The van der Waals surface area contributed by atoms with Crippen LogP contribution in [0.15, 0.2) is 18.2 Å². The number of ether oxygens (including phenoxy) is 1. The quantitative estimate of drug-likeness (QED) is 0.744. The molecular formula is C11H12N2O3. The summed E-state index contributed by atoms with van der Waals surface area (Å²) in [4.78, 5) is 26.6. The highest BCUT2D eigenvalue weighted by Gasteiger charge is 2.30. The van der Waals surface area contributed by atoms with Crippen molar-refractivity contribution in [3.05, 3.63) is 23.9 Å². The second-order valence-electron chi connectivity index (χ2n) is 3.69. The lowest BCUT2D eigenvalue weighted by Crippen LogP contribution is -2.23. The molecule has 1 unspecified atom stereocenters. The topological polar surface area (TPSA) is 68.3 Å². The van der Waals surface area contributed by atoms with Crippen LogP contribution in [0.1, 0.15) is 12.1 Å². The second kappa shape index (κ2) is 4.30. The van der Waals surface area contributed by atoms with Gasteiger partial charge in [0.2, 0.25) is 17.7 Å². The van der Waals surface area contributed by atoms with Crippen molar-refractivity contribution in [3.8, 4) is 5.88 Å². The van der Waals surface area contributed by atoms with Crippen LogP contribution in [0.2, 0.25) is 0 Å². The fourth-order valence-corrected chi connectivity index (χ4v) is 1.71. The van der Waals surface area contributed by atoms with E-state index < -0.39 is 0 Å². The molecule has 1 N–H and O–H groups in total. The zero-order valence-electron chi connectivity index (χ0n) is 8.90. The third kappa shape index (κ3) is 2.18. The number of nitrogens with zero attached hydrogens (tertiary/aromatic N) is 1. The highest BCUT2D eigenvalue weighted by Crippen LogP contribution is 2.17. The normalized spacial score (nSPS) is 19.7. The van der Waals surface area contributed by atoms with Gasteiger partial charge in [0.05, 0.1) is 13.0 Å². The molecular weight excluding hydrogens is 208 g/mol. The summed E-state index contributed by atoms with van der Waals surface area (Å²) in [6.45, 7) is 0. The van der Waals surface area contributed by atoms with Crippen LogP contribution in [0.4, 0.5) is 0 Å². The molecule has 2 rings (SSSR count). The zero-order chi connectivity index (χ0) is 11.5. The molecule has 1 fully saturated rings. The number of pyridine rings is 1. The summed E-state index contributed by atoms with van der Waals surface area (Å²) in [5.41, 5.74) is 0.759. The number of amides is 2. The average Bonchev–Trinajstić information content (AvgIpc) is 2.58. The Balaban J connectivity index is 2.09. The minimum atomic E-state index is -0.299. The van der Waals surface area contributed by atoms with E-state index in [1.807, 2.05) is 12.1 Å². The van der Waals surface area contributed by atoms with Crippen LogP contribution in [0.5, 0.6) is 5.88 Å². The van der Waals surface area contributed by atoms with Crippen molar-refractivity contribution in [2.75, 3.05) is 7.11 Å². The van der Waals surface area contributed by atoms with Crippen molar-refractivity contribution in [2.45, 2.75) is 12.8 Å². The number of hydrogen-bond donors (Lipinski definition) is 1. The lowest BCUT2D eigenvalue weighted by Gasteiger charge is -2.06. The molecule has 1 aliphatic rings. The first-order chi connectivity index (χ1) is 7.69. The number of carbonyl (C=O) groups excluding carboxylic acids is 2. The lowest BCUT2D eigenvalue weighted by atomic mass is 10.0. The summed E-state index contributed by atoms with van der Waals surface area (Å²) in [6.07, 6.45) is 0.715. The maximum Gasteiger partial charge on any atom is 0.230 e. The molecule has 0 saturated carbocycles. The standard InChI is InChI=1S/C11H12N2O3/c1-16-10-4-2-3-8(12-10)5-7-6-9(14)13-11(7)15/h2-4,7H,5-6H2,1H3,(H,13,14,15). The highest BCUT2D eigenvalue weighted by atomic mass is 16.5. The van der Waals surface area contributed by atoms with Gasteiger partial charge in [-0.1, -0.05) is 6.07 Å². The Morgan fingerprint density at radius 3 is 2.94 bits per heavy atom. The maximum atomic E-state index is 11.4. The SMILES string of the molecule is COc1cccc(CC2CC(=O)NC2=O)n1. The van der Waals surface area contributed by atoms with Crippen LogP contribution in [0.25, 0.3) is 0 Å². The summed E-state index contributed by atoms with van der Waals surface area (Å²) in [7, 11) is 1.54. The first-order valence-corrected chi connectivity index (χ1v) is 5.02. The number of methoxy groups -OCH3 is 1. The molecule has 5 heteroatoms. The fourth-order valence-electron chi connectivity index (χ4n) is 1.71. The Labute approximate surface area is 92.8 Å². The van der Waals surface area contributed by atoms with E-state index in [1.165, 1.54) is 7.11 Å². The summed E-state index contributed by atoms with van der Waals surface area (Å²) in [5, 5.41) is 2.28. The third-order valence-electron chi connectivity index (χ3n) is 2.51. The Morgan fingerprint density at radius 2 is 2.31 bits per heavy atom. The smallest absolute Gasteiger partial charge is 0.230 e. The molecule has 1 aromatic rings. The van der Waals surface area contributed by atoms with E-state index in [-0.39, 0.29) is 24.2 Å². The van der Waals surface area contributed by atoms with E-state index in [2.05, 4.69) is 10.3 Å². The first kappa shape index (κ1) is 10.6. The maximum absolute atomic E-state index is 11.4. The highest BCUT2D eigenvalue weighted by molar-refractivity contribution is 6.03. The van der Waals surface area contributed by atoms with Crippen LogP contribution in [-0.2, 0) is 16.0 Å².